The first-order chi connectivity index (χ1) is 11.6. The Balaban J connectivity index is 2.00. The smallest absolute Gasteiger partial charge is 0.125 e. The van der Waals surface area contributed by atoms with E-state index in [-0.39, 0.29) is 0 Å². The Morgan fingerprint density at radius 2 is 1.83 bits per heavy atom. The molecule has 4 heteroatoms. The molecule has 130 valence electrons. The molecule has 24 heavy (non-hydrogen) atoms. The van der Waals surface area contributed by atoms with E-state index in [1.807, 2.05) is 30.3 Å². The van der Waals surface area contributed by atoms with Crippen LogP contribution in [0.2, 0.25) is 10.0 Å². The lowest BCUT2D eigenvalue weighted by atomic mass is 10.0. The third-order valence-electron chi connectivity index (χ3n) is 4.01. The Morgan fingerprint density at radius 3 is 2.58 bits per heavy atom. The highest BCUT2D eigenvalue weighted by Gasteiger charge is 2.13. The highest BCUT2D eigenvalue weighted by atomic mass is 35.5. The van der Waals surface area contributed by atoms with Crippen molar-refractivity contribution in [3.05, 3.63) is 63.6 Å². The van der Waals surface area contributed by atoms with Gasteiger partial charge in [-0.05, 0) is 24.6 Å². The number of hydrogen-bond acceptors (Lipinski definition) is 2. The van der Waals surface area contributed by atoms with Crippen LogP contribution in [0.25, 0.3) is 0 Å². The van der Waals surface area contributed by atoms with Crippen LogP contribution >= 0.6 is 23.2 Å². The quantitative estimate of drug-likeness (QED) is 0.508. The summed E-state index contributed by atoms with van der Waals surface area (Å²) in [7, 11) is 0. The van der Waals surface area contributed by atoms with Gasteiger partial charge in [0.1, 0.15) is 12.4 Å². The normalized spacial score (nSPS) is 12.2. The van der Waals surface area contributed by atoms with Gasteiger partial charge in [-0.15, -0.1) is 0 Å². The number of ether oxygens (including phenoxy) is 1. The van der Waals surface area contributed by atoms with Crippen LogP contribution in [0.1, 0.15) is 56.3 Å². The minimum absolute atomic E-state index is 0.343. The monoisotopic (exact) mass is 366 g/mol. The Morgan fingerprint density at radius 1 is 1.04 bits per heavy atom. The summed E-state index contributed by atoms with van der Waals surface area (Å²) in [5, 5.41) is 11.7. The Hall–Kier alpha value is -1.22. The van der Waals surface area contributed by atoms with Gasteiger partial charge >= 0.3 is 0 Å². The zero-order valence-electron chi connectivity index (χ0n) is 14.0. The third kappa shape index (κ3) is 5.70. The first-order valence-corrected chi connectivity index (χ1v) is 9.21. The summed E-state index contributed by atoms with van der Waals surface area (Å²) in [5.74, 6) is 0.700. The molecule has 0 aliphatic heterocycles. The molecule has 1 unspecified atom stereocenters. The lowest BCUT2D eigenvalue weighted by Crippen LogP contribution is -2.03. The van der Waals surface area contributed by atoms with Crippen molar-refractivity contribution in [3.8, 4) is 5.75 Å². The summed E-state index contributed by atoms with van der Waals surface area (Å²) in [5.41, 5.74) is 1.70. The van der Waals surface area contributed by atoms with Crippen molar-refractivity contribution in [1.29, 1.82) is 0 Å². The highest BCUT2D eigenvalue weighted by molar-refractivity contribution is 6.35. The molecule has 0 heterocycles. The van der Waals surface area contributed by atoms with E-state index in [2.05, 4.69) is 6.92 Å². The van der Waals surface area contributed by atoms with Gasteiger partial charge in [0, 0.05) is 21.2 Å². The zero-order valence-corrected chi connectivity index (χ0v) is 15.5. The number of hydrogen-bond donors (Lipinski definition) is 1. The van der Waals surface area contributed by atoms with Gasteiger partial charge in [-0.3, -0.25) is 0 Å². The molecule has 2 rings (SSSR count). The molecule has 0 spiro atoms. The molecule has 0 aliphatic rings. The van der Waals surface area contributed by atoms with E-state index in [9.17, 15) is 5.11 Å². The summed E-state index contributed by atoms with van der Waals surface area (Å²) in [6.45, 7) is 2.52. The molecule has 0 aliphatic carbocycles. The van der Waals surface area contributed by atoms with Gasteiger partial charge in [0.25, 0.3) is 0 Å². The number of aliphatic hydroxyl groups excluding tert-OH is 1. The van der Waals surface area contributed by atoms with Crippen molar-refractivity contribution in [3.63, 3.8) is 0 Å². The average Bonchev–Trinajstić information content (AvgIpc) is 2.58. The van der Waals surface area contributed by atoms with Gasteiger partial charge in [0.05, 0.1) is 6.10 Å². The number of rotatable bonds is 9. The molecular formula is C20H24Cl2O2. The minimum atomic E-state index is -0.501. The van der Waals surface area contributed by atoms with Gasteiger partial charge in [-0.25, -0.2) is 0 Å². The van der Waals surface area contributed by atoms with Crippen LogP contribution in [0.4, 0.5) is 0 Å². The Bertz CT molecular complexity index is 643. The first kappa shape index (κ1) is 19.1. The number of aliphatic hydroxyl groups is 1. The molecule has 2 nitrogen and oxygen atoms in total. The minimum Gasteiger partial charge on any atom is -0.488 e. The maximum Gasteiger partial charge on any atom is 0.125 e. The Labute approximate surface area is 154 Å². The van der Waals surface area contributed by atoms with Crippen molar-refractivity contribution >= 4 is 23.2 Å². The van der Waals surface area contributed by atoms with Crippen molar-refractivity contribution in [2.24, 2.45) is 0 Å². The number of para-hydroxylation sites is 1. The van der Waals surface area contributed by atoms with E-state index in [0.29, 0.717) is 22.4 Å². The number of benzene rings is 2. The fraction of sp³-hybridized carbons (Fsp3) is 0.400. The molecule has 1 N–H and O–H groups in total. The number of halogens is 2. The van der Waals surface area contributed by atoms with Crippen LogP contribution in [0.15, 0.2) is 42.5 Å². The molecule has 0 amide bonds. The first-order valence-electron chi connectivity index (χ1n) is 8.45. The van der Waals surface area contributed by atoms with Crippen LogP contribution in [-0.4, -0.2) is 5.11 Å². The van der Waals surface area contributed by atoms with Crippen LogP contribution in [-0.2, 0) is 6.61 Å². The van der Waals surface area contributed by atoms with Gasteiger partial charge in [-0.2, -0.15) is 0 Å². The Kier molecular flexibility index (Phi) is 7.90. The largest absolute Gasteiger partial charge is 0.488 e. The maximum atomic E-state index is 10.5. The summed E-state index contributed by atoms with van der Waals surface area (Å²) in [4.78, 5) is 0. The molecule has 0 fully saturated rings. The zero-order chi connectivity index (χ0) is 17.4. The fourth-order valence-electron chi connectivity index (χ4n) is 2.60. The summed E-state index contributed by atoms with van der Waals surface area (Å²) >= 11 is 12.1. The van der Waals surface area contributed by atoms with E-state index < -0.39 is 6.10 Å². The molecular weight excluding hydrogens is 343 g/mol. The van der Waals surface area contributed by atoms with Crippen molar-refractivity contribution in [2.75, 3.05) is 0 Å². The molecule has 2 aromatic rings. The predicted octanol–water partition coefficient (Wildman–Crippen LogP) is 6.58. The molecule has 2 aromatic carbocycles. The van der Waals surface area contributed by atoms with Gasteiger partial charge in [-0.1, -0.05) is 80.1 Å². The third-order valence-corrected chi connectivity index (χ3v) is 4.59. The summed E-state index contributed by atoms with van der Waals surface area (Å²) in [6, 6.07) is 13.0. The maximum absolute atomic E-state index is 10.5. The highest BCUT2D eigenvalue weighted by Crippen LogP contribution is 2.30. The van der Waals surface area contributed by atoms with Crippen LogP contribution < -0.4 is 4.74 Å². The van der Waals surface area contributed by atoms with Crippen LogP contribution in [0, 0.1) is 0 Å². The summed E-state index contributed by atoms with van der Waals surface area (Å²) < 4.78 is 5.90. The molecule has 0 saturated heterocycles. The molecule has 0 saturated carbocycles. The van der Waals surface area contributed by atoms with Crippen molar-refractivity contribution in [1.82, 2.24) is 0 Å². The molecule has 0 aromatic heterocycles. The second-order valence-corrected chi connectivity index (χ2v) is 6.77. The van der Waals surface area contributed by atoms with Gasteiger partial charge in [0.15, 0.2) is 0 Å². The molecule has 0 bridgehead atoms. The SMILES string of the molecule is CCCCCCC(O)c1ccccc1OCc1ccc(Cl)cc1Cl. The van der Waals surface area contributed by atoms with E-state index in [1.165, 1.54) is 12.8 Å². The summed E-state index contributed by atoms with van der Waals surface area (Å²) in [6.07, 6.45) is 4.82. The topological polar surface area (TPSA) is 29.5 Å². The van der Waals surface area contributed by atoms with E-state index in [0.717, 1.165) is 30.4 Å². The van der Waals surface area contributed by atoms with Gasteiger partial charge < -0.3 is 9.84 Å². The van der Waals surface area contributed by atoms with Crippen molar-refractivity contribution in [2.45, 2.75) is 51.7 Å². The number of unbranched alkanes of at least 4 members (excludes halogenated alkanes) is 3. The lowest BCUT2D eigenvalue weighted by molar-refractivity contribution is 0.156. The van der Waals surface area contributed by atoms with Crippen LogP contribution in [0.3, 0.4) is 0 Å². The van der Waals surface area contributed by atoms with E-state index in [4.69, 9.17) is 27.9 Å². The van der Waals surface area contributed by atoms with Crippen LogP contribution in [0.5, 0.6) is 5.75 Å². The lowest BCUT2D eigenvalue weighted by Gasteiger charge is -2.16. The second kappa shape index (κ2) is 9.93. The molecule has 0 radical (unpaired) electrons. The standard InChI is InChI=1S/C20H24Cl2O2/c1-2-3-4-5-9-19(23)17-8-6-7-10-20(17)24-14-15-11-12-16(21)13-18(15)22/h6-8,10-13,19,23H,2-5,9,14H2,1H3. The fourth-order valence-corrected chi connectivity index (χ4v) is 3.06. The van der Waals surface area contributed by atoms with E-state index >= 15 is 0 Å². The second-order valence-electron chi connectivity index (χ2n) is 5.93. The van der Waals surface area contributed by atoms with Gasteiger partial charge in [0.2, 0.25) is 0 Å². The molecule has 1 atom stereocenters. The van der Waals surface area contributed by atoms with Crippen molar-refractivity contribution < 1.29 is 9.84 Å². The average molecular weight is 367 g/mol. The van der Waals surface area contributed by atoms with E-state index in [1.54, 1.807) is 12.1 Å². The predicted molar refractivity (Wildman–Crippen MR) is 101 cm³/mol.